The maximum Gasteiger partial charge on any atom is 0.238 e. The van der Waals surface area contributed by atoms with E-state index in [2.05, 4.69) is 10.4 Å². The van der Waals surface area contributed by atoms with Gasteiger partial charge in [0.25, 0.3) is 0 Å². The summed E-state index contributed by atoms with van der Waals surface area (Å²) in [5.74, 6) is -0.108. The highest BCUT2D eigenvalue weighted by Gasteiger charge is 2.09. The van der Waals surface area contributed by atoms with Crippen molar-refractivity contribution in [3.63, 3.8) is 0 Å². The second-order valence-electron chi connectivity index (χ2n) is 4.98. The molecule has 2 aromatic rings. The van der Waals surface area contributed by atoms with Crippen molar-refractivity contribution in [1.29, 1.82) is 0 Å². The first-order valence-corrected chi connectivity index (χ1v) is 6.83. The lowest BCUT2D eigenvalue weighted by atomic mass is 10.2. The summed E-state index contributed by atoms with van der Waals surface area (Å²) in [7, 11) is 3.74. The molecule has 0 saturated heterocycles. The maximum atomic E-state index is 12.0. The number of nitrogens with zero attached hydrogens (tertiary/aromatic N) is 3. The molecule has 0 atom stereocenters. The zero-order valence-electron chi connectivity index (χ0n) is 12.0. The SMILES string of the molecule is CN(CC(=O)Nc1ccc(Cl)c(N)c1)Cc1cnn(C)c1. The molecule has 0 saturated carbocycles. The van der Waals surface area contributed by atoms with Gasteiger partial charge >= 0.3 is 0 Å². The molecular weight excluding hydrogens is 290 g/mol. The van der Waals surface area contributed by atoms with Gasteiger partial charge < -0.3 is 11.1 Å². The van der Waals surface area contributed by atoms with E-state index in [1.165, 1.54) is 0 Å². The van der Waals surface area contributed by atoms with E-state index in [1.54, 1.807) is 29.1 Å². The van der Waals surface area contributed by atoms with Crippen LogP contribution in [0.3, 0.4) is 0 Å². The van der Waals surface area contributed by atoms with Crippen molar-refractivity contribution in [2.45, 2.75) is 6.54 Å². The number of benzene rings is 1. The summed E-state index contributed by atoms with van der Waals surface area (Å²) in [5, 5.41) is 7.36. The number of halogens is 1. The van der Waals surface area contributed by atoms with Gasteiger partial charge in [0.05, 0.1) is 23.5 Å². The molecule has 1 aromatic carbocycles. The topological polar surface area (TPSA) is 76.2 Å². The van der Waals surface area contributed by atoms with Crippen molar-refractivity contribution in [2.24, 2.45) is 7.05 Å². The molecule has 1 heterocycles. The minimum atomic E-state index is -0.108. The summed E-state index contributed by atoms with van der Waals surface area (Å²) in [6.07, 6.45) is 3.71. The third-order valence-corrected chi connectivity index (χ3v) is 3.25. The Kier molecular flexibility index (Phi) is 4.82. The third kappa shape index (κ3) is 4.47. The number of carbonyl (C=O) groups is 1. The lowest BCUT2D eigenvalue weighted by molar-refractivity contribution is -0.117. The number of nitrogens with one attached hydrogen (secondary N) is 1. The van der Waals surface area contributed by atoms with E-state index in [1.807, 2.05) is 25.2 Å². The predicted octanol–water partition coefficient (Wildman–Crippen LogP) is 1.73. The Balaban J connectivity index is 1.87. The van der Waals surface area contributed by atoms with Crippen molar-refractivity contribution in [3.8, 4) is 0 Å². The lowest BCUT2D eigenvalue weighted by Gasteiger charge is -2.15. The van der Waals surface area contributed by atoms with E-state index in [0.717, 1.165) is 5.56 Å². The molecule has 7 heteroatoms. The summed E-state index contributed by atoms with van der Waals surface area (Å²) in [6.45, 7) is 0.932. The highest BCUT2D eigenvalue weighted by atomic mass is 35.5. The van der Waals surface area contributed by atoms with Gasteiger partial charge in [-0.15, -0.1) is 0 Å². The van der Waals surface area contributed by atoms with Crippen LogP contribution in [0.1, 0.15) is 5.56 Å². The van der Waals surface area contributed by atoms with Crippen LogP contribution in [0, 0.1) is 0 Å². The molecule has 0 spiro atoms. The van der Waals surface area contributed by atoms with Crippen molar-refractivity contribution in [1.82, 2.24) is 14.7 Å². The molecule has 0 unspecified atom stereocenters. The smallest absolute Gasteiger partial charge is 0.238 e. The molecule has 0 aliphatic heterocycles. The number of likely N-dealkylation sites (N-methyl/N-ethyl adjacent to an activating group) is 1. The van der Waals surface area contributed by atoms with Crippen molar-refractivity contribution >= 4 is 28.9 Å². The number of anilines is 2. The number of hydrogen-bond acceptors (Lipinski definition) is 4. The first-order valence-electron chi connectivity index (χ1n) is 6.45. The average molecular weight is 308 g/mol. The van der Waals surface area contributed by atoms with Crippen molar-refractivity contribution in [3.05, 3.63) is 41.2 Å². The number of nitrogens with two attached hydrogens (primary N) is 1. The van der Waals surface area contributed by atoms with Crippen LogP contribution in [-0.2, 0) is 18.4 Å². The van der Waals surface area contributed by atoms with E-state index < -0.39 is 0 Å². The largest absolute Gasteiger partial charge is 0.397 e. The number of amides is 1. The van der Waals surface area contributed by atoms with Gasteiger partial charge in [0.2, 0.25) is 5.91 Å². The maximum absolute atomic E-state index is 12.0. The van der Waals surface area contributed by atoms with Gasteiger partial charge in [0.1, 0.15) is 0 Å². The summed E-state index contributed by atoms with van der Waals surface area (Å²) >= 11 is 5.84. The third-order valence-electron chi connectivity index (χ3n) is 2.90. The molecule has 0 aliphatic carbocycles. The molecule has 0 radical (unpaired) electrons. The normalized spacial score (nSPS) is 10.9. The quantitative estimate of drug-likeness (QED) is 0.825. The summed E-state index contributed by atoms with van der Waals surface area (Å²) in [6, 6.07) is 5.02. The molecule has 0 bridgehead atoms. The molecule has 6 nitrogen and oxygen atoms in total. The van der Waals surface area contributed by atoms with Crippen molar-refractivity contribution < 1.29 is 4.79 Å². The number of aromatic nitrogens is 2. The molecule has 3 N–H and O–H groups in total. The molecule has 0 fully saturated rings. The molecule has 1 amide bonds. The summed E-state index contributed by atoms with van der Waals surface area (Å²) in [5.41, 5.74) is 7.84. The number of rotatable bonds is 5. The van der Waals surface area contributed by atoms with Gasteiger partial charge in [-0.25, -0.2) is 0 Å². The van der Waals surface area contributed by atoms with Crippen LogP contribution in [-0.4, -0.2) is 34.2 Å². The van der Waals surface area contributed by atoms with Gasteiger partial charge in [-0.3, -0.25) is 14.4 Å². The molecule has 0 aliphatic rings. The first-order chi connectivity index (χ1) is 9.94. The Morgan fingerprint density at radius 2 is 2.29 bits per heavy atom. The molecule has 2 rings (SSSR count). The van der Waals surface area contributed by atoms with Gasteiger partial charge in [-0.05, 0) is 25.2 Å². The molecule has 112 valence electrons. The minimum Gasteiger partial charge on any atom is -0.397 e. The van der Waals surface area contributed by atoms with Gasteiger partial charge in [-0.1, -0.05) is 11.6 Å². The first kappa shape index (κ1) is 15.3. The average Bonchev–Trinajstić information content (AvgIpc) is 2.79. The molecular formula is C14H18ClN5O. The van der Waals surface area contributed by atoms with Gasteiger partial charge in [0.15, 0.2) is 0 Å². The molecule has 21 heavy (non-hydrogen) atoms. The van der Waals surface area contributed by atoms with Crippen LogP contribution in [0.2, 0.25) is 5.02 Å². The fourth-order valence-electron chi connectivity index (χ4n) is 1.99. The summed E-state index contributed by atoms with van der Waals surface area (Å²) < 4.78 is 1.74. The van der Waals surface area contributed by atoms with Crippen LogP contribution in [0.15, 0.2) is 30.6 Å². The Hall–Kier alpha value is -2.05. The number of hydrogen-bond donors (Lipinski definition) is 2. The summed E-state index contributed by atoms with van der Waals surface area (Å²) in [4.78, 5) is 13.9. The number of carbonyl (C=O) groups excluding carboxylic acids is 1. The Morgan fingerprint density at radius 1 is 1.52 bits per heavy atom. The fourth-order valence-corrected chi connectivity index (χ4v) is 2.11. The van der Waals surface area contributed by atoms with E-state index >= 15 is 0 Å². The molecule has 1 aromatic heterocycles. The van der Waals surface area contributed by atoms with Crippen LogP contribution in [0.4, 0.5) is 11.4 Å². The Bertz CT molecular complexity index is 640. The van der Waals surface area contributed by atoms with E-state index in [4.69, 9.17) is 17.3 Å². The van der Waals surface area contributed by atoms with E-state index in [0.29, 0.717) is 22.9 Å². The van der Waals surface area contributed by atoms with Crippen LogP contribution in [0.25, 0.3) is 0 Å². The van der Waals surface area contributed by atoms with E-state index in [-0.39, 0.29) is 12.5 Å². The Morgan fingerprint density at radius 3 is 2.90 bits per heavy atom. The lowest BCUT2D eigenvalue weighted by Crippen LogP contribution is -2.29. The number of nitrogen functional groups attached to an aromatic ring is 1. The van der Waals surface area contributed by atoms with Gasteiger partial charge in [-0.2, -0.15) is 5.10 Å². The number of aryl methyl sites for hydroxylation is 1. The highest BCUT2D eigenvalue weighted by Crippen LogP contribution is 2.22. The zero-order valence-corrected chi connectivity index (χ0v) is 12.8. The van der Waals surface area contributed by atoms with Crippen LogP contribution < -0.4 is 11.1 Å². The second kappa shape index (κ2) is 6.60. The van der Waals surface area contributed by atoms with Crippen molar-refractivity contribution in [2.75, 3.05) is 24.6 Å². The van der Waals surface area contributed by atoms with Crippen LogP contribution >= 0.6 is 11.6 Å². The second-order valence-corrected chi connectivity index (χ2v) is 5.39. The highest BCUT2D eigenvalue weighted by molar-refractivity contribution is 6.33. The van der Waals surface area contributed by atoms with Gasteiger partial charge in [0, 0.05) is 31.0 Å². The standard InChI is InChI=1S/C14H18ClN5O/c1-19(7-10-6-17-20(2)8-10)9-14(21)18-11-3-4-12(15)13(16)5-11/h3-6,8H,7,9,16H2,1-2H3,(H,18,21). The van der Waals surface area contributed by atoms with Crippen LogP contribution in [0.5, 0.6) is 0 Å². The zero-order chi connectivity index (χ0) is 15.4. The Labute approximate surface area is 128 Å². The minimum absolute atomic E-state index is 0.108. The predicted molar refractivity (Wildman–Crippen MR) is 84.0 cm³/mol. The van der Waals surface area contributed by atoms with E-state index in [9.17, 15) is 4.79 Å². The fraction of sp³-hybridized carbons (Fsp3) is 0.286. The monoisotopic (exact) mass is 307 g/mol.